The molecule has 0 atom stereocenters. The van der Waals surface area contributed by atoms with Gasteiger partial charge in [0.05, 0.1) is 16.5 Å². The van der Waals surface area contributed by atoms with E-state index in [0.717, 1.165) is 13.1 Å². The van der Waals surface area contributed by atoms with Crippen molar-refractivity contribution in [3.05, 3.63) is 38.3 Å². The number of carbonyl (C=O) groups excluding carboxylic acids is 1. The zero-order valence-electron chi connectivity index (χ0n) is 8.77. The molecule has 0 spiro atoms. The van der Waals surface area contributed by atoms with Crippen molar-refractivity contribution < 1.29 is 9.72 Å². The molecule has 1 aromatic rings. The third kappa shape index (κ3) is 2.62. The van der Waals surface area contributed by atoms with Gasteiger partial charge in [-0.05, 0) is 22.0 Å². The Kier molecular flexibility index (Phi) is 3.39. The minimum absolute atomic E-state index is 0.0925. The molecular formula is C10H10BrN3O3. The molecule has 0 aliphatic carbocycles. The summed E-state index contributed by atoms with van der Waals surface area (Å²) in [5.41, 5.74) is 0.191. The molecule has 0 aromatic heterocycles. The van der Waals surface area contributed by atoms with Crippen molar-refractivity contribution in [1.82, 2.24) is 10.6 Å². The molecular weight excluding hydrogens is 290 g/mol. The lowest BCUT2D eigenvalue weighted by atomic mass is 10.1. The molecule has 1 aliphatic rings. The van der Waals surface area contributed by atoms with E-state index < -0.39 is 4.92 Å². The van der Waals surface area contributed by atoms with Gasteiger partial charge in [0, 0.05) is 29.7 Å². The van der Waals surface area contributed by atoms with Crippen molar-refractivity contribution in [3.8, 4) is 0 Å². The van der Waals surface area contributed by atoms with Crippen LogP contribution in [0.5, 0.6) is 0 Å². The van der Waals surface area contributed by atoms with E-state index in [-0.39, 0.29) is 23.2 Å². The summed E-state index contributed by atoms with van der Waals surface area (Å²) in [6.07, 6.45) is 0. The molecule has 0 saturated carbocycles. The predicted octanol–water partition coefficient (Wildman–Crippen LogP) is 1.06. The summed E-state index contributed by atoms with van der Waals surface area (Å²) in [6.45, 7) is 1.47. The van der Waals surface area contributed by atoms with E-state index in [1.165, 1.54) is 18.2 Å². The first-order chi connectivity index (χ1) is 8.08. The van der Waals surface area contributed by atoms with Crippen LogP contribution in [0.4, 0.5) is 5.69 Å². The van der Waals surface area contributed by atoms with Crippen LogP contribution >= 0.6 is 15.9 Å². The number of nitrogens with zero attached hydrogens (tertiary/aromatic N) is 1. The summed E-state index contributed by atoms with van der Waals surface area (Å²) in [6, 6.07) is 4.23. The van der Waals surface area contributed by atoms with Crippen LogP contribution in [0.3, 0.4) is 0 Å². The second-order valence-corrected chi connectivity index (χ2v) is 4.60. The van der Waals surface area contributed by atoms with Gasteiger partial charge < -0.3 is 10.6 Å². The second kappa shape index (κ2) is 4.80. The number of nitro groups is 1. The fourth-order valence-electron chi connectivity index (χ4n) is 1.45. The van der Waals surface area contributed by atoms with Crippen molar-refractivity contribution >= 4 is 27.5 Å². The van der Waals surface area contributed by atoms with Gasteiger partial charge in [-0.3, -0.25) is 14.9 Å². The number of rotatable bonds is 3. The standard InChI is InChI=1S/C10H10BrN3O3/c11-9-2-1-7(14(16)17)3-8(9)10(15)13-6-4-12-5-6/h1-3,6,12H,4-5H2,(H,13,15). The Morgan fingerprint density at radius 3 is 2.76 bits per heavy atom. The highest BCUT2D eigenvalue weighted by atomic mass is 79.9. The van der Waals surface area contributed by atoms with Crippen molar-refractivity contribution in [2.24, 2.45) is 0 Å². The third-order valence-electron chi connectivity index (χ3n) is 2.52. The van der Waals surface area contributed by atoms with E-state index in [1.807, 2.05) is 0 Å². The van der Waals surface area contributed by atoms with Gasteiger partial charge in [-0.25, -0.2) is 0 Å². The van der Waals surface area contributed by atoms with Crippen LogP contribution in [-0.2, 0) is 0 Å². The maximum absolute atomic E-state index is 11.9. The molecule has 1 aliphatic heterocycles. The zero-order valence-corrected chi connectivity index (χ0v) is 10.4. The molecule has 1 fully saturated rings. The number of carbonyl (C=O) groups is 1. The summed E-state index contributed by atoms with van der Waals surface area (Å²) >= 11 is 3.21. The van der Waals surface area contributed by atoms with Crippen LogP contribution in [0.25, 0.3) is 0 Å². The van der Waals surface area contributed by atoms with Crippen LogP contribution in [0.2, 0.25) is 0 Å². The average Bonchev–Trinajstić information content (AvgIpc) is 2.23. The monoisotopic (exact) mass is 299 g/mol. The van der Waals surface area contributed by atoms with Gasteiger partial charge in [0.2, 0.25) is 0 Å². The molecule has 1 heterocycles. The van der Waals surface area contributed by atoms with E-state index >= 15 is 0 Å². The van der Waals surface area contributed by atoms with Gasteiger partial charge in [0.25, 0.3) is 11.6 Å². The number of amides is 1. The van der Waals surface area contributed by atoms with Gasteiger partial charge in [0.1, 0.15) is 0 Å². The quantitative estimate of drug-likeness (QED) is 0.646. The van der Waals surface area contributed by atoms with Crippen molar-refractivity contribution in [2.75, 3.05) is 13.1 Å². The van der Waals surface area contributed by atoms with Crippen LogP contribution in [0.15, 0.2) is 22.7 Å². The summed E-state index contributed by atoms with van der Waals surface area (Å²) in [5, 5.41) is 16.4. The number of non-ortho nitro benzene ring substituents is 1. The molecule has 0 unspecified atom stereocenters. The SMILES string of the molecule is O=C(NC1CNC1)c1cc([N+](=O)[O-])ccc1Br. The van der Waals surface area contributed by atoms with Crippen LogP contribution in [0, 0.1) is 10.1 Å². The maximum atomic E-state index is 11.9. The Balaban J connectivity index is 2.20. The van der Waals surface area contributed by atoms with Crippen LogP contribution in [-0.4, -0.2) is 30.0 Å². The molecule has 90 valence electrons. The Morgan fingerprint density at radius 1 is 1.53 bits per heavy atom. The Morgan fingerprint density at radius 2 is 2.24 bits per heavy atom. The minimum atomic E-state index is -0.520. The van der Waals surface area contributed by atoms with E-state index in [2.05, 4.69) is 26.6 Å². The number of benzene rings is 1. The van der Waals surface area contributed by atoms with E-state index in [0.29, 0.717) is 4.47 Å². The fourth-order valence-corrected chi connectivity index (χ4v) is 1.88. The number of hydrogen-bond acceptors (Lipinski definition) is 4. The summed E-state index contributed by atoms with van der Waals surface area (Å²) in [7, 11) is 0. The normalized spacial score (nSPS) is 15.1. The second-order valence-electron chi connectivity index (χ2n) is 3.75. The summed E-state index contributed by atoms with van der Waals surface area (Å²) < 4.78 is 0.549. The highest BCUT2D eigenvalue weighted by molar-refractivity contribution is 9.10. The maximum Gasteiger partial charge on any atom is 0.270 e. The van der Waals surface area contributed by atoms with Gasteiger partial charge in [-0.15, -0.1) is 0 Å². The van der Waals surface area contributed by atoms with Crippen LogP contribution < -0.4 is 10.6 Å². The van der Waals surface area contributed by atoms with Gasteiger partial charge in [-0.2, -0.15) is 0 Å². The molecule has 0 bridgehead atoms. The molecule has 1 saturated heterocycles. The fraction of sp³-hybridized carbons (Fsp3) is 0.300. The lowest BCUT2D eigenvalue weighted by Gasteiger charge is -2.28. The van der Waals surface area contributed by atoms with Gasteiger partial charge in [-0.1, -0.05) is 0 Å². The van der Waals surface area contributed by atoms with Gasteiger partial charge in [0.15, 0.2) is 0 Å². The molecule has 1 aromatic carbocycles. The molecule has 17 heavy (non-hydrogen) atoms. The minimum Gasteiger partial charge on any atom is -0.347 e. The van der Waals surface area contributed by atoms with Crippen molar-refractivity contribution in [3.63, 3.8) is 0 Å². The van der Waals surface area contributed by atoms with E-state index in [4.69, 9.17) is 0 Å². The van der Waals surface area contributed by atoms with Crippen molar-refractivity contribution in [2.45, 2.75) is 6.04 Å². The van der Waals surface area contributed by atoms with Crippen molar-refractivity contribution in [1.29, 1.82) is 0 Å². The molecule has 2 rings (SSSR count). The summed E-state index contributed by atoms with van der Waals surface area (Å²) in [5.74, 6) is -0.299. The summed E-state index contributed by atoms with van der Waals surface area (Å²) in [4.78, 5) is 22.0. The van der Waals surface area contributed by atoms with Crippen LogP contribution in [0.1, 0.15) is 10.4 Å². The van der Waals surface area contributed by atoms with Gasteiger partial charge >= 0.3 is 0 Å². The predicted molar refractivity (Wildman–Crippen MR) is 64.9 cm³/mol. The topological polar surface area (TPSA) is 84.3 Å². The molecule has 2 N–H and O–H groups in total. The Labute approximate surface area is 106 Å². The molecule has 7 heteroatoms. The number of halogens is 1. The zero-order chi connectivity index (χ0) is 12.4. The Bertz CT molecular complexity index is 474. The molecule has 6 nitrogen and oxygen atoms in total. The van der Waals surface area contributed by atoms with E-state index in [1.54, 1.807) is 0 Å². The number of hydrogen-bond donors (Lipinski definition) is 2. The first-order valence-corrected chi connectivity index (χ1v) is 5.83. The number of nitro benzene ring substituents is 1. The third-order valence-corrected chi connectivity index (χ3v) is 3.21. The first kappa shape index (κ1) is 12.0. The lowest BCUT2D eigenvalue weighted by molar-refractivity contribution is -0.384. The largest absolute Gasteiger partial charge is 0.347 e. The first-order valence-electron chi connectivity index (χ1n) is 5.03. The average molecular weight is 300 g/mol. The molecule has 1 amide bonds. The number of nitrogens with one attached hydrogen (secondary N) is 2. The smallest absolute Gasteiger partial charge is 0.270 e. The molecule has 0 radical (unpaired) electrons. The Hall–Kier alpha value is -1.47. The van der Waals surface area contributed by atoms with E-state index in [9.17, 15) is 14.9 Å². The highest BCUT2D eigenvalue weighted by Gasteiger charge is 2.22. The lowest BCUT2D eigenvalue weighted by Crippen LogP contribution is -2.56. The highest BCUT2D eigenvalue weighted by Crippen LogP contribution is 2.22.